The van der Waals surface area contributed by atoms with Crippen LogP contribution in [0, 0.1) is 0 Å². The highest BCUT2D eigenvalue weighted by Crippen LogP contribution is 2.26. The third-order valence-corrected chi connectivity index (χ3v) is 4.72. The number of halogens is 1. The van der Waals surface area contributed by atoms with Gasteiger partial charge in [0, 0.05) is 34.0 Å². The molecule has 144 valence electrons. The maximum absolute atomic E-state index is 12.5. The minimum atomic E-state index is -0.283. The van der Waals surface area contributed by atoms with Crippen molar-refractivity contribution in [2.45, 2.75) is 0 Å². The Morgan fingerprint density at radius 1 is 0.966 bits per heavy atom. The molecule has 0 aliphatic rings. The van der Waals surface area contributed by atoms with Gasteiger partial charge in [0.15, 0.2) is 5.43 Å². The van der Waals surface area contributed by atoms with E-state index in [0.717, 1.165) is 5.56 Å². The molecule has 3 aromatic carbocycles. The van der Waals surface area contributed by atoms with Crippen molar-refractivity contribution < 1.29 is 13.9 Å². The maximum atomic E-state index is 12.5. The summed E-state index contributed by atoms with van der Waals surface area (Å²) in [6.45, 7) is 0. The number of benzene rings is 3. The summed E-state index contributed by atoms with van der Waals surface area (Å²) < 4.78 is 11.1. The van der Waals surface area contributed by atoms with Gasteiger partial charge in [-0.25, -0.2) is 0 Å². The second-order valence-corrected chi connectivity index (χ2v) is 6.81. The van der Waals surface area contributed by atoms with E-state index in [1.165, 1.54) is 6.07 Å². The van der Waals surface area contributed by atoms with Crippen molar-refractivity contribution in [1.82, 2.24) is 0 Å². The van der Waals surface area contributed by atoms with Gasteiger partial charge in [0.05, 0.1) is 12.5 Å². The van der Waals surface area contributed by atoms with Crippen LogP contribution in [0.4, 0.5) is 5.69 Å². The molecule has 0 spiro atoms. The van der Waals surface area contributed by atoms with Crippen LogP contribution in [0.1, 0.15) is 10.4 Å². The van der Waals surface area contributed by atoms with Crippen molar-refractivity contribution >= 4 is 34.2 Å². The predicted octanol–water partition coefficient (Wildman–Crippen LogP) is 5.37. The largest absolute Gasteiger partial charge is 0.497 e. The topological polar surface area (TPSA) is 68.5 Å². The van der Waals surface area contributed by atoms with E-state index >= 15 is 0 Å². The molecule has 0 unspecified atom stereocenters. The van der Waals surface area contributed by atoms with Crippen LogP contribution in [-0.2, 0) is 0 Å². The summed E-state index contributed by atoms with van der Waals surface area (Å²) in [7, 11) is 1.59. The number of rotatable bonds is 4. The van der Waals surface area contributed by atoms with Crippen LogP contribution in [0.25, 0.3) is 22.3 Å². The lowest BCUT2D eigenvalue weighted by molar-refractivity contribution is 0.102. The average molecular weight is 406 g/mol. The number of hydrogen-bond donors (Lipinski definition) is 1. The molecule has 0 aliphatic carbocycles. The van der Waals surface area contributed by atoms with Crippen molar-refractivity contribution in [3.8, 4) is 17.1 Å². The molecule has 0 radical (unpaired) electrons. The molecule has 0 atom stereocenters. The lowest BCUT2D eigenvalue weighted by Crippen LogP contribution is -2.12. The van der Waals surface area contributed by atoms with Gasteiger partial charge in [-0.3, -0.25) is 9.59 Å². The Balaban J connectivity index is 1.67. The monoisotopic (exact) mass is 405 g/mol. The summed E-state index contributed by atoms with van der Waals surface area (Å²) in [5, 5.41) is 3.80. The molecule has 29 heavy (non-hydrogen) atoms. The van der Waals surface area contributed by atoms with Crippen LogP contribution in [0.2, 0.25) is 5.02 Å². The van der Waals surface area contributed by atoms with Crippen LogP contribution >= 0.6 is 11.6 Å². The Morgan fingerprint density at radius 2 is 1.69 bits per heavy atom. The number of methoxy groups -OCH3 is 1. The van der Waals surface area contributed by atoms with E-state index in [9.17, 15) is 9.59 Å². The van der Waals surface area contributed by atoms with Crippen molar-refractivity contribution in [3.05, 3.63) is 93.6 Å². The molecule has 1 N–H and O–H groups in total. The van der Waals surface area contributed by atoms with Gasteiger partial charge >= 0.3 is 0 Å². The molecule has 5 nitrogen and oxygen atoms in total. The average Bonchev–Trinajstić information content (AvgIpc) is 2.74. The smallest absolute Gasteiger partial charge is 0.255 e. The van der Waals surface area contributed by atoms with Gasteiger partial charge in [0.2, 0.25) is 0 Å². The van der Waals surface area contributed by atoms with E-state index < -0.39 is 0 Å². The van der Waals surface area contributed by atoms with Gasteiger partial charge in [0.1, 0.15) is 17.1 Å². The van der Waals surface area contributed by atoms with E-state index in [1.54, 1.807) is 61.7 Å². The molecule has 0 saturated carbocycles. The van der Waals surface area contributed by atoms with Gasteiger partial charge in [0.25, 0.3) is 5.91 Å². The summed E-state index contributed by atoms with van der Waals surface area (Å²) in [5.74, 6) is 0.866. The van der Waals surface area contributed by atoms with Gasteiger partial charge in [-0.1, -0.05) is 11.6 Å². The van der Waals surface area contributed by atoms with E-state index in [-0.39, 0.29) is 11.3 Å². The normalized spacial score (nSPS) is 10.7. The Bertz CT molecular complexity index is 1240. The highest BCUT2D eigenvalue weighted by Gasteiger charge is 2.10. The molecule has 1 aromatic heterocycles. The van der Waals surface area contributed by atoms with Gasteiger partial charge in [-0.2, -0.15) is 0 Å². The zero-order valence-corrected chi connectivity index (χ0v) is 16.2. The predicted molar refractivity (Wildman–Crippen MR) is 114 cm³/mol. The van der Waals surface area contributed by atoms with Crippen molar-refractivity contribution in [2.75, 3.05) is 12.4 Å². The number of nitrogens with one attached hydrogen (secondary N) is 1. The second-order valence-electron chi connectivity index (χ2n) is 6.38. The van der Waals surface area contributed by atoms with Crippen LogP contribution in [-0.4, -0.2) is 13.0 Å². The fraction of sp³-hybridized carbons (Fsp3) is 0.0435. The number of hydrogen-bond acceptors (Lipinski definition) is 4. The van der Waals surface area contributed by atoms with Crippen molar-refractivity contribution in [3.63, 3.8) is 0 Å². The molecule has 1 heterocycles. The maximum Gasteiger partial charge on any atom is 0.255 e. The standard InChI is InChI=1S/C23H16ClNO4/c1-28-18-9-4-14(5-10-18)21-13-20(26)19-11-8-17(12-22(19)29-21)25-23(27)15-2-6-16(24)7-3-15/h2-13H,1H3,(H,25,27). The van der Waals surface area contributed by atoms with E-state index in [4.69, 9.17) is 20.8 Å². The first-order valence-electron chi connectivity index (χ1n) is 8.83. The SMILES string of the molecule is COc1ccc(-c2cc(=O)c3ccc(NC(=O)c4ccc(Cl)cc4)cc3o2)cc1. The number of amides is 1. The fourth-order valence-electron chi connectivity index (χ4n) is 2.93. The molecule has 0 bridgehead atoms. The summed E-state index contributed by atoms with van der Waals surface area (Å²) in [5.41, 5.74) is 1.97. The molecule has 4 aromatic rings. The van der Waals surface area contributed by atoms with Gasteiger partial charge < -0.3 is 14.5 Å². The Kier molecular flexibility index (Phi) is 5.06. The molecular formula is C23H16ClNO4. The van der Waals surface area contributed by atoms with Gasteiger partial charge in [-0.15, -0.1) is 0 Å². The molecule has 0 fully saturated rings. The third-order valence-electron chi connectivity index (χ3n) is 4.47. The van der Waals surface area contributed by atoms with Gasteiger partial charge in [-0.05, 0) is 60.7 Å². The van der Waals surface area contributed by atoms with Crippen LogP contribution in [0.3, 0.4) is 0 Å². The first-order valence-corrected chi connectivity index (χ1v) is 9.20. The molecule has 0 saturated heterocycles. The third kappa shape index (κ3) is 4.00. The van der Waals surface area contributed by atoms with Crippen LogP contribution in [0.15, 0.2) is 82.0 Å². The zero-order chi connectivity index (χ0) is 20.4. The van der Waals surface area contributed by atoms with E-state index in [0.29, 0.717) is 38.8 Å². The fourth-order valence-corrected chi connectivity index (χ4v) is 3.06. The van der Waals surface area contributed by atoms with Crippen molar-refractivity contribution in [1.29, 1.82) is 0 Å². The lowest BCUT2D eigenvalue weighted by atomic mass is 10.1. The highest BCUT2D eigenvalue weighted by atomic mass is 35.5. The second kappa shape index (κ2) is 7.81. The number of anilines is 1. The summed E-state index contributed by atoms with van der Waals surface area (Å²) in [6, 6.07) is 20.2. The van der Waals surface area contributed by atoms with E-state index in [2.05, 4.69) is 5.32 Å². The summed E-state index contributed by atoms with van der Waals surface area (Å²) in [6.07, 6.45) is 0. The number of carbonyl (C=O) groups is 1. The first-order chi connectivity index (χ1) is 14.0. The Hall–Kier alpha value is -3.57. The number of ether oxygens (including phenoxy) is 1. The van der Waals surface area contributed by atoms with Crippen LogP contribution < -0.4 is 15.5 Å². The lowest BCUT2D eigenvalue weighted by Gasteiger charge is -2.08. The minimum Gasteiger partial charge on any atom is -0.497 e. The Morgan fingerprint density at radius 3 is 2.38 bits per heavy atom. The molecule has 0 aliphatic heterocycles. The zero-order valence-electron chi connectivity index (χ0n) is 15.4. The molecular weight excluding hydrogens is 390 g/mol. The van der Waals surface area contributed by atoms with Crippen molar-refractivity contribution in [2.24, 2.45) is 0 Å². The summed E-state index contributed by atoms with van der Waals surface area (Å²) >= 11 is 5.86. The highest BCUT2D eigenvalue weighted by molar-refractivity contribution is 6.30. The quantitative estimate of drug-likeness (QED) is 0.495. The Labute approximate surface area is 171 Å². The summed E-state index contributed by atoms with van der Waals surface area (Å²) in [4.78, 5) is 24.9. The molecule has 6 heteroatoms. The first kappa shape index (κ1) is 18.8. The minimum absolute atomic E-state index is 0.160. The number of fused-ring (bicyclic) bond motifs is 1. The number of carbonyl (C=O) groups excluding carboxylic acids is 1. The molecule has 4 rings (SSSR count). The van der Waals surface area contributed by atoms with Crippen LogP contribution in [0.5, 0.6) is 5.75 Å². The molecule has 1 amide bonds. The van der Waals surface area contributed by atoms with E-state index in [1.807, 2.05) is 12.1 Å².